The molecule has 1 aromatic carbocycles. The molecule has 6 heteroatoms. The number of anilines is 1. The van der Waals surface area contributed by atoms with Crippen LogP contribution in [0.3, 0.4) is 0 Å². The zero-order chi connectivity index (χ0) is 16.2. The fourth-order valence-electron chi connectivity index (χ4n) is 3.41. The van der Waals surface area contributed by atoms with Crippen molar-refractivity contribution in [1.29, 1.82) is 0 Å². The van der Waals surface area contributed by atoms with Crippen LogP contribution in [-0.2, 0) is 9.53 Å². The molecule has 2 fully saturated rings. The first-order valence-corrected chi connectivity index (χ1v) is 8.61. The van der Waals surface area contributed by atoms with Crippen molar-refractivity contribution in [3.8, 4) is 0 Å². The van der Waals surface area contributed by atoms with Gasteiger partial charge in [0.05, 0.1) is 22.9 Å². The quantitative estimate of drug-likeness (QED) is 0.879. The third-order valence-corrected chi connectivity index (χ3v) is 5.02. The van der Waals surface area contributed by atoms with Crippen molar-refractivity contribution in [3.05, 3.63) is 29.3 Å². The predicted molar refractivity (Wildman–Crippen MR) is 92.0 cm³/mol. The minimum atomic E-state index is -0.143. The number of carbonyl (C=O) groups is 1. The van der Waals surface area contributed by atoms with Crippen LogP contribution in [0.4, 0.5) is 5.69 Å². The summed E-state index contributed by atoms with van der Waals surface area (Å²) in [6.45, 7) is 2.52. The zero-order valence-corrected chi connectivity index (χ0v) is 14.2. The van der Waals surface area contributed by atoms with Crippen molar-refractivity contribution in [1.82, 2.24) is 10.6 Å². The van der Waals surface area contributed by atoms with Crippen molar-refractivity contribution < 1.29 is 9.53 Å². The average Bonchev–Trinajstić information content (AvgIpc) is 3.05. The van der Waals surface area contributed by atoms with Crippen LogP contribution in [0.1, 0.15) is 19.3 Å². The maximum absolute atomic E-state index is 12.4. The van der Waals surface area contributed by atoms with Crippen molar-refractivity contribution in [2.45, 2.75) is 37.5 Å². The summed E-state index contributed by atoms with van der Waals surface area (Å²) in [6.07, 6.45) is 2.93. The Kier molecular flexibility index (Phi) is 5.41. The Labute approximate surface area is 142 Å². The largest absolute Gasteiger partial charge is 0.380 e. The first-order valence-electron chi connectivity index (χ1n) is 8.23. The predicted octanol–water partition coefficient (Wildman–Crippen LogP) is 1.80. The van der Waals surface area contributed by atoms with Gasteiger partial charge in [-0.1, -0.05) is 23.7 Å². The van der Waals surface area contributed by atoms with E-state index in [0.29, 0.717) is 0 Å². The lowest BCUT2D eigenvalue weighted by Crippen LogP contribution is -2.51. The van der Waals surface area contributed by atoms with Crippen molar-refractivity contribution in [2.24, 2.45) is 0 Å². The molecule has 0 radical (unpaired) electrons. The monoisotopic (exact) mass is 337 g/mol. The molecule has 1 unspecified atom stereocenters. The number of piperidine rings is 1. The summed E-state index contributed by atoms with van der Waals surface area (Å²) in [6, 6.07) is 7.90. The van der Waals surface area contributed by atoms with E-state index < -0.39 is 0 Å². The molecule has 0 aromatic heterocycles. The second-order valence-corrected chi connectivity index (χ2v) is 6.71. The number of halogens is 1. The highest BCUT2D eigenvalue weighted by Gasteiger charge is 2.31. The number of nitrogens with one attached hydrogen (secondary N) is 2. The average molecular weight is 338 g/mol. The Morgan fingerprint density at radius 2 is 2.26 bits per heavy atom. The van der Waals surface area contributed by atoms with E-state index in [0.717, 1.165) is 49.6 Å². The summed E-state index contributed by atoms with van der Waals surface area (Å²) in [4.78, 5) is 14.7. The molecule has 0 aliphatic carbocycles. The zero-order valence-electron chi connectivity index (χ0n) is 13.4. The number of hydrogen-bond acceptors (Lipinski definition) is 4. The molecule has 126 valence electrons. The van der Waals surface area contributed by atoms with E-state index >= 15 is 0 Å². The molecule has 2 heterocycles. The van der Waals surface area contributed by atoms with E-state index in [1.807, 2.05) is 24.3 Å². The van der Waals surface area contributed by atoms with Crippen molar-refractivity contribution in [2.75, 3.05) is 31.6 Å². The van der Waals surface area contributed by atoms with Gasteiger partial charge in [-0.05, 0) is 31.4 Å². The number of carbonyl (C=O) groups excluding carboxylic acids is 1. The van der Waals surface area contributed by atoms with Crippen LogP contribution in [0.25, 0.3) is 0 Å². The van der Waals surface area contributed by atoms with E-state index in [1.54, 1.807) is 7.11 Å². The molecule has 1 amide bonds. The Morgan fingerprint density at radius 3 is 3.00 bits per heavy atom. The summed E-state index contributed by atoms with van der Waals surface area (Å²) in [5.74, 6) is 0.0792. The summed E-state index contributed by atoms with van der Waals surface area (Å²) in [5, 5.41) is 7.17. The fourth-order valence-corrected chi connectivity index (χ4v) is 3.66. The standard InChI is InChI=1S/C17H24ClN3O2/c1-23-13-9-15(19-10-13)17(22)20-12-5-4-8-21(11-12)16-7-3-2-6-14(16)18/h2-3,6-7,12-13,15,19H,4-5,8-11H2,1H3,(H,20,22)/t12?,13-,15+/m0/s1. The maximum atomic E-state index is 12.4. The molecule has 3 rings (SSSR count). The number of methoxy groups -OCH3 is 1. The van der Waals surface area contributed by atoms with E-state index in [4.69, 9.17) is 16.3 Å². The third-order valence-electron chi connectivity index (χ3n) is 4.70. The van der Waals surface area contributed by atoms with E-state index in [9.17, 15) is 4.79 Å². The SMILES string of the molecule is CO[C@@H]1CN[C@@H](C(=O)NC2CCCN(c3ccccc3Cl)C2)C1. The van der Waals surface area contributed by atoms with Gasteiger partial charge in [0, 0.05) is 32.8 Å². The van der Waals surface area contributed by atoms with E-state index in [2.05, 4.69) is 15.5 Å². The first-order chi connectivity index (χ1) is 11.2. The molecular weight excluding hydrogens is 314 g/mol. The molecule has 2 N–H and O–H groups in total. The van der Waals surface area contributed by atoms with Crippen LogP contribution in [0, 0.1) is 0 Å². The minimum Gasteiger partial charge on any atom is -0.380 e. The summed E-state index contributed by atoms with van der Waals surface area (Å²) < 4.78 is 5.30. The number of para-hydroxylation sites is 1. The Bertz CT molecular complexity index is 554. The van der Waals surface area contributed by atoms with Gasteiger partial charge in [0.25, 0.3) is 0 Å². The topological polar surface area (TPSA) is 53.6 Å². The molecular formula is C17H24ClN3O2. The van der Waals surface area contributed by atoms with Gasteiger partial charge in [-0.2, -0.15) is 0 Å². The van der Waals surface area contributed by atoms with Gasteiger partial charge >= 0.3 is 0 Å². The highest BCUT2D eigenvalue weighted by molar-refractivity contribution is 6.33. The van der Waals surface area contributed by atoms with Gasteiger partial charge in [0.2, 0.25) is 5.91 Å². The van der Waals surface area contributed by atoms with Crippen LogP contribution >= 0.6 is 11.6 Å². The lowest BCUT2D eigenvalue weighted by atomic mass is 10.0. The van der Waals surface area contributed by atoms with Gasteiger partial charge in [0.1, 0.15) is 0 Å². The van der Waals surface area contributed by atoms with Gasteiger partial charge in [-0.25, -0.2) is 0 Å². The highest BCUT2D eigenvalue weighted by Crippen LogP contribution is 2.27. The maximum Gasteiger partial charge on any atom is 0.237 e. The van der Waals surface area contributed by atoms with Crippen molar-refractivity contribution >= 4 is 23.2 Å². The highest BCUT2D eigenvalue weighted by atomic mass is 35.5. The fraction of sp³-hybridized carbons (Fsp3) is 0.588. The number of benzene rings is 1. The number of nitrogens with zero attached hydrogens (tertiary/aromatic N) is 1. The van der Waals surface area contributed by atoms with Gasteiger partial charge in [-0.15, -0.1) is 0 Å². The van der Waals surface area contributed by atoms with Gasteiger partial charge in [-0.3, -0.25) is 4.79 Å². The van der Waals surface area contributed by atoms with Gasteiger partial charge in [0.15, 0.2) is 0 Å². The first kappa shape index (κ1) is 16.6. The molecule has 2 saturated heterocycles. The molecule has 2 aliphatic rings. The molecule has 0 saturated carbocycles. The number of rotatable bonds is 4. The van der Waals surface area contributed by atoms with Crippen LogP contribution in [0.5, 0.6) is 0 Å². The van der Waals surface area contributed by atoms with E-state index in [-0.39, 0.29) is 24.1 Å². The Morgan fingerprint density at radius 1 is 1.43 bits per heavy atom. The number of amides is 1. The molecule has 2 aliphatic heterocycles. The van der Waals surface area contributed by atoms with E-state index in [1.165, 1.54) is 0 Å². The second kappa shape index (κ2) is 7.51. The minimum absolute atomic E-state index is 0.0792. The molecule has 5 nitrogen and oxygen atoms in total. The lowest BCUT2D eigenvalue weighted by Gasteiger charge is -2.35. The third kappa shape index (κ3) is 3.97. The van der Waals surface area contributed by atoms with Crippen LogP contribution in [0.2, 0.25) is 5.02 Å². The summed E-state index contributed by atoms with van der Waals surface area (Å²) in [7, 11) is 1.69. The van der Waals surface area contributed by atoms with Crippen LogP contribution < -0.4 is 15.5 Å². The summed E-state index contributed by atoms with van der Waals surface area (Å²) >= 11 is 6.29. The molecule has 1 aromatic rings. The molecule has 23 heavy (non-hydrogen) atoms. The molecule has 0 spiro atoms. The normalized spacial score (nSPS) is 27.9. The number of hydrogen-bond donors (Lipinski definition) is 2. The lowest BCUT2D eigenvalue weighted by molar-refractivity contribution is -0.123. The molecule has 0 bridgehead atoms. The Balaban J connectivity index is 1.57. The Hall–Kier alpha value is -1.30. The van der Waals surface area contributed by atoms with Gasteiger partial charge < -0.3 is 20.3 Å². The van der Waals surface area contributed by atoms with Crippen LogP contribution in [-0.4, -0.2) is 50.8 Å². The smallest absolute Gasteiger partial charge is 0.237 e. The molecule has 3 atom stereocenters. The number of ether oxygens (including phenoxy) is 1. The van der Waals surface area contributed by atoms with Crippen molar-refractivity contribution in [3.63, 3.8) is 0 Å². The summed E-state index contributed by atoms with van der Waals surface area (Å²) in [5.41, 5.74) is 1.05. The van der Waals surface area contributed by atoms with Crippen LogP contribution in [0.15, 0.2) is 24.3 Å². The second-order valence-electron chi connectivity index (χ2n) is 6.30.